The first-order valence-electron chi connectivity index (χ1n) is 2.87. The monoisotopic (exact) mass is 151 g/mol. The quantitative estimate of drug-likeness (QED) is 0.561. The van der Waals surface area contributed by atoms with Gasteiger partial charge in [-0.3, -0.25) is 4.40 Å². The molecule has 0 aliphatic carbocycles. The molecule has 0 aromatic carbocycles. The van der Waals surface area contributed by atoms with Gasteiger partial charge < -0.3 is 0 Å². The minimum Gasteiger partial charge on any atom is -0.297 e. The third-order valence-corrected chi connectivity index (χ3v) is 1.60. The highest BCUT2D eigenvalue weighted by Gasteiger charge is 1.96. The van der Waals surface area contributed by atoms with Crippen molar-refractivity contribution in [2.45, 2.75) is 0 Å². The molecule has 0 aliphatic rings. The molecule has 2 nitrogen and oxygen atoms in total. The van der Waals surface area contributed by atoms with Crippen LogP contribution < -0.4 is 0 Å². The molecule has 0 unspecified atom stereocenters. The van der Waals surface area contributed by atoms with E-state index in [2.05, 4.69) is 11.2 Å². The molecule has 2 heterocycles. The highest BCUT2D eigenvalue weighted by molar-refractivity contribution is 6.33. The van der Waals surface area contributed by atoms with E-state index in [4.69, 9.17) is 11.6 Å². The maximum absolute atomic E-state index is 5.80. The molecule has 10 heavy (non-hydrogen) atoms. The van der Waals surface area contributed by atoms with Crippen LogP contribution in [0.15, 0.2) is 24.5 Å². The Labute approximate surface area is 63.1 Å². The van der Waals surface area contributed by atoms with Crippen molar-refractivity contribution < 1.29 is 0 Å². The van der Waals surface area contributed by atoms with Crippen LogP contribution in [-0.2, 0) is 0 Å². The summed E-state index contributed by atoms with van der Waals surface area (Å²) >= 11 is 5.80. The van der Waals surface area contributed by atoms with Crippen molar-refractivity contribution in [1.82, 2.24) is 9.38 Å². The number of hydrogen-bond donors (Lipinski definition) is 0. The number of hydrogen-bond acceptors (Lipinski definition) is 1. The number of imidazole rings is 1. The van der Waals surface area contributed by atoms with E-state index in [1.807, 2.05) is 12.3 Å². The van der Waals surface area contributed by atoms with Crippen molar-refractivity contribution in [2.75, 3.05) is 0 Å². The lowest BCUT2D eigenvalue weighted by Crippen LogP contribution is -1.81. The van der Waals surface area contributed by atoms with Crippen LogP contribution in [0.5, 0.6) is 0 Å². The number of halogens is 1. The highest BCUT2D eigenvalue weighted by atomic mass is 35.5. The summed E-state index contributed by atoms with van der Waals surface area (Å²) in [5.41, 5.74) is 0.754. The lowest BCUT2D eigenvalue weighted by atomic mass is 10.5. The van der Waals surface area contributed by atoms with Gasteiger partial charge in [0.15, 0.2) is 5.65 Å². The van der Waals surface area contributed by atoms with Gasteiger partial charge in [-0.1, -0.05) is 11.6 Å². The van der Waals surface area contributed by atoms with Crippen LogP contribution in [0, 0.1) is 6.20 Å². The van der Waals surface area contributed by atoms with Gasteiger partial charge in [0, 0.05) is 6.20 Å². The fourth-order valence-electron chi connectivity index (χ4n) is 0.854. The second kappa shape index (κ2) is 1.99. The Morgan fingerprint density at radius 2 is 2.50 bits per heavy atom. The molecule has 2 aromatic rings. The molecule has 0 spiro atoms. The average molecular weight is 152 g/mol. The van der Waals surface area contributed by atoms with Crippen LogP contribution in [-0.4, -0.2) is 9.38 Å². The topological polar surface area (TPSA) is 17.3 Å². The number of pyridine rings is 1. The molecular formula is C7H4ClN2. The predicted molar refractivity (Wildman–Crippen MR) is 39.0 cm³/mol. The molecule has 49 valence electrons. The van der Waals surface area contributed by atoms with Crippen LogP contribution in [0.4, 0.5) is 0 Å². The zero-order valence-electron chi connectivity index (χ0n) is 5.08. The maximum Gasteiger partial charge on any atom is 0.156 e. The minimum atomic E-state index is 0.656. The molecule has 0 saturated carbocycles. The molecule has 0 N–H and O–H groups in total. The summed E-state index contributed by atoms with van der Waals surface area (Å²) in [4.78, 5) is 3.99. The molecule has 0 bridgehead atoms. The van der Waals surface area contributed by atoms with Gasteiger partial charge in [0.2, 0.25) is 0 Å². The maximum atomic E-state index is 5.80. The van der Waals surface area contributed by atoms with E-state index in [1.165, 1.54) is 0 Å². The molecule has 0 aliphatic heterocycles. The van der Waals surface area contributed by atoms with E-state index in [9.17, 15) is 0 Å². The van der Waals surface area contributed by atoms with E-state index in [1.54, 1.807) is 16.7 Å². The lowest BCUT2D eigenvalue weighted by Gasteiger charge is -1.91. The van der Waals surface area contributed by atoms with E-state index in [-0.39, 0.29) is 0 Å². The molecule has 0 amide bonds. The van der Waals surface area contributed by atoms with Crippen molar-refractivity contribution in [3.05, 3.63) is 35.7 Å². The van der Waals surface area contributed by atoms with Gasteiger partial charge in [-0.2, -0.15) is 0 Å². The molecule has 2 rings (SSSR count). The van der Waals surface area contributed by atoms with Crippen molar-refractivity contribution in [3.8, 4) is 0 Å². The normalized spacial score (nSPS) is 10.5. The SMILES string of the molecule is Clc1cccn2[c]cnc12. The van der Waals surface area contributed by atoms with E-state index in [0.717, 1.165) is 5.65 Å². The van der Waals surface area contributed by atoms with Crippen LogP contribution in [0.1, 0.15) is 0 Å². The van der Waals surface area contributed by atoms with Gasteiger partial charge in [-0.15, -0.1) is 0 Å². The molecule has 0 atom stereocenters. The largest absolute Gasteiger partial charge is 0.297 e. The summed E-state index contributed by atoms with van der Waals surface area (Å²) < 4.78 is 1.75. The Hall–Kier alpha value is -1.02. The van der Waals surface area contributed by atoms with Crippen LogP contribution >= 0.6 is 11.6 Å². The first-order valence-corrected chi connectivity index (χ1v) is 3.25. The van der Waals surface area contributed by atoms with E-state index < -0.39 is 0 Å². The van der Waals surface area contributed by atoms with Gasteiger partial charge >= 0.3 is 0 Å². The first kappa shape index (κ1) is 5.74. The molecule has 2 aromatic heterocycles. The van der Waals surface area contributed by atoms with Gasteiger partial charge in [-0.05, 0) is 12.1 Å². The summed E-state index contributed by atoms with van der Waals surface area (Å²) in [6.45, 7) is 0. The summed E-state index contributed by atoms with van der Waals surface area (Å²) in [6, 6.07) is 3.66. The predicted octanol–water partition coefficient (Wildman–Crippen LogP) is 1.79. The van der Waals surface area contributed by atoms with Gasteiger partial charge in [0.25, 0.3) is 0 Å². The second-order valence-corrected chi connectivity index (χ2v) is 2.34. The van der Waals surface area contributed by atoms with Gasteiger partial charge in [-0.25, -0.2) is 4.98 Å². The fourth-order valence-corrected chi connectivity index (χ4v) is 1.07. The van der Waals surface area contributed by atoms with Crippen molar-refractivity contribution in [3.63, 3.8) is 0 Å². The second-order valence-electron chi connectivity index (χ2n) is 1.94. The average Bonchev–Trinajstić information content (AvgIpc) is 2.36. The van der Waals surface area contributed by atoms with E-state index in [0.29, 0.717) is 5.02 Å². The van der Waals surface area contributed by atoms with Gasteiger partial charge in [0.05, 0.1) is 17.4 Å². The minimum absolute atomic E-state index is 0.656. The molecule has 0 saturated heterocycles. The van der Waals surface area contributed by atoms with Crippen molar-refractivity contribution in [1.29, 1.82) is 0 Å². The molecule has 3 heteroatoms. The lowest BCUT2D eigenvalue weighted by molar-refractivity contribution is 1.18. The standard InChI is InChI=1S/C7H4ClN2/c8-6-2-1-4-10-5-3-9-7(6)10/h1-4H. The highest BCUT2D eigenvalue weighted by Crippen LogP contribution is 2.12. The smallest absolute Gasteiger partial charge is 0.156 e. The van der Waals surface area contributed by atoms with Crippen molar-refractivity contribution >= 4 is 17.2 Å². The summed E-state index contributed by atoms with van der Waals surface area (Å²) in [6.07, 6.45) is 6.34. The third kappa shape index (κ3) is 0.693. The van der Waals surface area contributed by atoms with Crippen LogP contribution in [0.3, 0.4) is 0 Å². The van der Waals surface area contributed by atoms with E-state index >= 15 is 0 Å². The van der Waals surface area contributed by atoms with Crippen LogP contribution in [0.2, 0.25) is 5.02 Å². The van der Waals surface area contributed by atoms with Gasteiger partial charge in [0.1, 0.15) is 0 Å². The third-order valence-electron chi connectivity index (χ3n) is 1.30. The van der Waals surface area contributed by atoms with Crippen LogP contribution in [0.25, 0.3) is 5.65 Å². The Kier molecular flexibility index (Phi) is 1.14. The summed E-state index contributed by atoms with van der Waals surface area (Å²) in [5.74, 6) is 0. The molecular weight excluding hydrogens is 148 g/mol. The summed E-state index contributed by atoms with van der Waals surface area (Å²) in [7, 11) is 0. The first-order chi connectivity index (χ1) is 4.88. The van der Waals surface area contributed by atoms with Crippen molar-refractivity contribution in [2.24, 2.45) is 0 Å². The Bertz CT molecular complexity index is 353. The Morgan fingerprint density at radius 1 is 1.60 bits per heavy atom. The Morgan fingerprint density at radius 3 is 3.30 bits per heavy atom. The Balaban J connectivity index is 2.95. The number of nitrogens with zero attached hydrogens (tertiary/aromatic N) is 2. The summed E-state index contributed by atoms with van der Waals surface area (Å²) in [5, 5.41) is 0.656. The molecule has 0 fully saturated rings. The zero-order chi connectivity index (χ0) is 6.97. The number of rotatable bonds is 0. The fraction of sp³-hybridized carbons (Fsp3) is 0. The molecule has 1 radical (unpaired) electrons. The zero-order valence-corrected chi connectivity index (χ0v) is 5.84. The number of fused-ring (bicyclic) bond motifs is 1. The number of aromatic nitrogens is 2.